The fraction of sp³-hybridized carbons (Fsp3) is 0.350. The van der Waals surface area contributed by atoms with Gasteiger partial charge in [0.1, 0.15) is 5.82 Å². The smallest absolute Gasteiger partial charge is 0.224 e. The van der Waals surface area contributed by atoms with Crippen molar-refractivity contribution in [3.05, 3.63) is 59.9 Å². The van der Waals surface area contributed by atoms with Crippen LogP contribution in [0.25, 0.3) is 0 Å². The molecular formula is C20H22FNO3S. The summed E-state index contributed by atoms with van der Waals surface area (Å²) < 4.78 is 38.2. The maximum Gasteiger partial charge on any atom is 0.224 e. The zero-order chi connectivity index (χ0) is 18.6. The highest BCUT2D eigenvalue weighted by molar-refractivity contribution is 7.92. The second kappa shape index (κ2) is 7.99. The third kappa shape index (κ3) is 4.49. The zero-order valence-electron chi connectivity index (χ0n) is 14.4. The first-order valence-electron chi connectivity index (χ1n) is 8.83. The van der Waals surface area contributed by atoms with E-state index in [-0.39, 0.29) is 28.3 Å². The predicted octanol–water partition coefficient (Wildman–Crippen LogP) is 4.11. The van der Waals surface area contributed by atoms with Crippen molar-refractivity contribution in [3.63, 3.8) is 0 Å². The number of carbonyl (C=O) groups excluding carboxylic acids is 1. The fourth-order valence-corrected chi connectivity index (χ4v) is 5.17. The molecular weight excluding hydrogens is 353 g/mol. The van der Waals surface area contributed by atoms with E-state index in [9.17, 15) is 17.6 Å². The quantitative estimate of drug-likeness (QED) is 0.826. The summed E-state index contributed by atoms with van der Waals surface area (Å²) in [5.74, 6) is -0.511. The summed E-state index contributed by atoms with van der Waals surface area (Å²) >= 11 is 0. The summed E-state index contributed by atoms with van der Waals surface area (Å²) in [6.45, 7) is 0. The summed E-state index contributed by atoms with van der Waals surface area (Å²) in [4.78, 5) is 12.4. The van der Waals surface area contributed by atoms with Crippen molar-refractivity contribution < 1.29 is 17.6 Å². The maximum atomic E-state index is 12.9. The number of amides is 1. The van der Waals surface area contributed by atoms with Crippen LogP contribution in [0, 0.1) is 5.82 Å². The van der Waals surface area contributed by atoms with Crippen molar-refractivity contribution in [3.8, 4) is 0 Å². The maximum absolute atomic E-state index is 12.9. The molecule has 1 aliphatic rings. The summed E-state index contributed by atoms with van der Waals surface area (Å²) in [7, 11) is -3.34. The lowest BCUT2D eigenvalue weighted by atomic mass is 10.1. The number of sulfone groups is 1. The Balaban J connectivity index is 1.62. The first-order chi connectivity index (χ1) is 12.4. The second-order valence-electron chi connectivity index (χ2n) is 6.65. The van der Waals surface area contributed by atoms with Gasteiger partial charge in [0.2, 0.25) is 5.91 Å². The molecule has 0 unspecified atom stereocenters. The van der Waals surface area contributed by atoms with Gasteiger partial charge in [0, 0.05) is 12.1 Å². The molecule has 0 bridgehead atoms. The van der Waals surface area contributed by atoms with Gasteiger partial charge in [0.25, 0.3) is 0 Å². The lowest BCUT2D eigenvalue weighted by Crippen LogP contribution is -2.18. The van der Waals surface area contributed by atoms with Crippen LogP contribution < -0.4 is 5.32 Å². The molecule has 1 aliphatic carbocycles. The first-order valence-corrected chi connectivity index (χ1v) is 10.4. The van der Waals surface area contributed by atoms with Crippen molar-refractivity contribution in [2.24, 2.45) is 0 Å². The Kier molecular flexibility index (Phi) is 5.71. The number of hydrogen-bond acceptors (Lipinski definition) is 3. The number of hydrogen-bond donors (Lipinski definition) is 1. The largest absolute Gasteiger partial charge is 0.326 e. The molecule has 1 N–H and O–H groups in total. The van der Waals surface area contributed by atoms with Crippen molar-refractivity contribution in [1.82, 2.24) is 0 Å². The van der Waals surface area contributed by atoms with E-state index < -0.39 is 9.84 Å². The summed E-state index contributed by atoms with van der Waals surface area (Å²) in [5.41, 5.74) is 1.35. The van der Waals surface area contributed by atoms with E-state index in [4.69, 9.17) is 0 Å². The van der Waals surface area contributed by atoms with Crippen LogP contribution in [-0.4, -0.2) is 19.6 Å². The van der Waals surface area contributed by atoms with Gasteiger partial charge in [-0.25, -0.2) is 12.8 Å². The van der Waals surface area contributed by atoms with Crippen molar-refractivity contribution in [2.45, 2.75) is 48.7 Å². The Morgan fingerprint density at radius 3 is 2.46 bits per heavy atom. The molecule has 4 nitrogen and oxygen atoms in total. The van der Waals surface area contributed by atoms with Crippen molar-refractivity contribution in [1.29, 1.82) is 0 Å². The highest BCUT2D eigenvalue weighted by Crippen LogP contribution is 2.30. The van der Waals surface area contributed by atoms with Gasteiger partial charge in [0.05, 0.1) is 10.1 Å². The molecule has 0 radical (unpaired) electrons. The number of rotatable bonds is 6. The number of aryl methyl sites for hydroxylation is 1. The van der Waals surface area contributed by atoms with Crippen LogP contribution in [0.4, 0.5) is 10.1 Å². The number of nitrogens with one attached hydrogen (secondary N) is 1. The molecule has 0 aromatic heterocycles. The molecule has 138 valence electrons. The van der Waals surface area contributed by atoms with E-state index in [1.807, 2.05) is 0 Å². The Morgan fingerprint density at radius 1 is 1.08 bits per heavy atom. The molecule has 0 heterocycles. The number of benzene rings is 2. The van der Waals surface area contributed by atoms with Gasteiger partial charge in [0.15, 0.2) is 9.84 Å². The van der Waals surface area contributed by atoms with E-state index in [2.05, 4.69) is 5.32 Å². The van der Waals surface area contributed by atoms with Gasteiger partial charge in [-0.3, -0.25) is 4.79 Å². The van der Waals surface area contributed by atoms with Crippen molar-refractivity contribution >= 4 is 21.4 Å². The highest BCUT2D eigenvalue weighted by Gasteiger charge is 2.30. The van der Waals surface area contributed by atoms with Gasteiger partial charge in [-0.05, 0) is 55.2 Å². The molecule has 6 heteroatoms. The minimum atomic E-state index is -3.34. The average Bonchev–Trinajstić information content (AvgIpc) is 3.17. The Bertz CT molecular complexity index is 872. The number of anilines is 1. The van der Waals surface area contributed by atoms with Gasteiger partial charge in [-0.15, -0.1) is 0 Å². The number of halogens is 1. The molecule has 1 fully saturated rings. The molecule has 1 amide bonds. The van der Waals surface area contributed by atoms with E-state index in [1.54, 1.807) is 30.3 Å². The summed E-state index contributed by atoms with van der Waals surface area (Å²) in [5, 5.41) is 2.44. The first kappa shape index (κ1) is 18.6. The van der Waals surface area contributed by atoms with Gasteiger partial charge < -0.3 is 5.32 Å². The standard InChI is InChI=1S/C20H22FNO3S/c21-16-11-8-15(9-12-16)10-13-20(23)22-17-4-3-7-19(14-17)26(24,25)18-5-1-2-6-18/h3-4,7-9,11-12,14,18H,1-2,5-6,10,13H2,(H,22,23). The molecule has 1 saturated carbocycles. The van der Waals surface area contributed by atoms with Crippen LogP contribution in [0.3, 0.4) is 0 Å². The molecule has 0 atom stereocenters. The van der Waals surface area contributed by atoms with Crippen LogP contribution in [0.15, 0.2) is 53.4 Å². The molecule has 26 heavy (non-hydrogen) atoms. The molecule has 3 rings (SSSR count). The van der Waals surface area contributed by atoms with E-state index in [0.717, 1.165) is 18.4 Å². The molecule has 0 aliphatic heterocycles. The molecule has 2 aromatic rings. The van der Waals surface area contributed by atoms with E-state index >= 15 is 0 Å². The lowest BCUT2D eigenvalue weighted by molar-refractivity contribution is -0.116. The minimum absolute atomic E-state index is 0.204. The van der Waals surface area contributed by atoms with Crippen LogP contribution in [0.2, 0.25) is 0 Å². The third-order valence-electron chi connectivity index (χ3n) is 4.74. The normalized spacial score (nSPS) is 15.1. The zero-order valence-corrected chi connectivity index (χ0v) is 15.3. The third-order valence-corrected chi connectivity index (χ3v) is 7.00. The van der Waals surface area contributed by atoms with Gasteiger partial charge >= 0.3 is 0 Å². The minimum Gasteiger partial charge on any atom is -0.326 e. The second-order valence-corrected chi connectivity index (χ2v) is 8.88. The van der Waals surface area contributed by atoms with Crippen LogP contribution >= 0.6 is 0 Å². The van der Waals surface area contributed by atoms with Crippen LogP contribution in [0.1, 0.15) is 37.7 Å². The molecule has 0 spiro atoms. The molecule has 0 saturated heterocycles. The fourth-order valence-electron chi connectivity index (χ4n) is 3.27. The van der Waals surface area contributed by atoms with Crippen LogP contribution in [-0.2, 0) is 21.1 Å². The topological polar surface area (TPSA) is 63.2 Å². The predicted molar refractivity (Wildman–Crippen MR) is 99.2 cm³/mol. The monoisotopic (exact) mass is 375 g/mol. The van der Waals surface area contributed by atoms with Gasteiger partial charge in [-0.1, -0.05) is 31.0 Å². The number of carbonyl (C=O) groups is 1. The van der Waals surface area contributed by atoms with Gasteiger partial charge in [-0.2, -0.15) is 0 Å². The molecule has 2 aromatic carbocycles. The van der Waals surface area contributed by atoms with Crippen molar-refractivity contribution in [2.75, 3.05) is 5.32 Å². The van der Waals surface area contributed by atoms with Crippen LogP contribution in [0.5, 0.6) is 0 Å². The summed E-state index contributed by atoms with van der Waals surface area (Å²) in [6.07, 6.45) is 4.04. The Hall–Kier alpha value is -2.21. The SMILES string of the molecule is O=C(CCc1ccc(F)cc1)Nc1cccc(S(=O)(=O)C2CCCC2)c1. The average molecular weight is 375 g/mol. The Morgan fingerprint density at radius 2 is 1.77 bits per heavy atom. The van der Waals surface area contributed by atoms with E-state index in [0.29, 0.717) is 24.9 Å². The summed E-state index contributed by atoms with van der Waals surface area (Å²) in [6, 6.07) is 12.5. The highest BCUT2D eigenvalue weighted by atomic mass is 32.2. The van der Waals surface area contributed by atoms with E-state index in [1.165, 1.54) is 18.2 Å². The Labute approximate surface area is 153 Å². The lowest BCUT2D eigenvalue weighted by Gasteiger charge is -2.12.